The van der Waals surface area contributed by atoms with Crippen LogP contribution in [-0.4, -0.2) is 24.3 Å². The molecular weight excluding hydrogens is 323 g/mol. The van der Waals surface area contributed by atoms with Gasteiger partial charge in [0.15, 0.2) is 4.88 Å². The van der Waals surface area contributed by atoms with E-state index >= 15 is 0 Å². The second kappa shape index (κ2) is 6.83. The monoisotopic (exact) mass is 332 g/mol. The summed E-state index contributed by atoms with van der Waals surface area (Å²) in [5.74, 6) is -0.159. The Kier molecular flexibility index (Phi) is 5.11. The maximum absolute atomic E-state index is 10.9. The number of halogens is 2. The number of thiophene rings is 1. The van der Waals surface area contributed by atoms with Crippen LogP contribution in [0, 0.1) is 0 Å². The van der Waals surface area contributed by atoms with E-state index in [-0.39, 0.29) is 18.1 Å². The Labute approximate surface area is 129 Å². The smallest absolute Gasteiger partial charge is 0.349 e. The van der Waals surface area contributed by atoms with E-state index in [1.807, 2.05) is 0 Å². The summed E-state index contributed by atoms with van der Waals surface area (Å²) in [4.78, 5) is 11.1. The molecule has 1 aromatic heterocycles. The zero-order valence-corrected chi connectivity index (χ0v) is 12.5. The van der Waals surface area contributed by atoms with Crippen LogP contribution in [0.1, 0.15) is 9.67 Å². The summed E-state index contributed by atoms with van der Waals surface area (Å²) in [5, 5.41) is 11.5. The molecule has 20 heavy (non-hydrogen) atoms. The highest BCUT2D eigenvalue weighted by Crippen LogP contribution is 2.28. The van der Waals surface area contributed by atoms with Gasteiger partial charge in [-0.2, -0.15) is 0 Å². The first-order chi connectivity index (χ1) is 9.58. The molecule has 2 aromatic rings. The van der Waals surface area contributed by atoms with E-state index in [0.29, 0.717) is 21.5 Å². The molecule has 0 unspecified atom stereocenters. The molecule has 0 radical (unpaired) electrons. The molecule has 0 spiro atoms. The number of carboxylic acids is 1. The van der Waals surface area contributed by atoms with Gasteiger partial charge >= 0.3 is 5.97 Å². The van der Waals surface area contributed by atoms with Gasteiger partial charge in [-0.15, -0.1) is 11.3 Å². The third-order valence-electron chi connectivity index (χ3n) is 2.32. The molecule has 7 heteroatoms. The standard InChI is InChI=1S/C13H10Cl2O4S/c14-8-1-2-10(9(15)7-8)18-4-5-19-11-3-6-20-12(11)13(16)17/h1-3,6-7H,4-5H2,(H,16,17). The second-order valence-corrected chi connectivity index (χ2v) is 5.45. The van der Waals surface area contributed by atoms with Crippen molar-refractivity contribution in [1.82, 2.24) is 0 Å². The molecule has 0 saturated heterocycles. The van der Waals surface area contributed by atoms with E-state index in [1.165, 1.54) is 0 Å². The molecule has 0 saturated carbocycles. The van der Waals surface area contributed by atoms with Crippen molar-refractivity contribution in [1.29, 1.82) is 0 Å². The van der Waals surface area contributed by atoms with Gasteiger partial charge in [-0.25, -0.2) is 4.79 Å². The normalized spacial score (nSPS) is 10.3. The molecule has 106 valence electrons. The maximum atomic E-state index is 10.9. The van der Waals surface area contributed by atoms with E-state index < -0.39 is 5.97 Å². The van der Waals surface area contributed by atoms with Crippen molar-refractivity contribution in [3.63, 3.8) is 0 Å². The second-order valence-electron chi connectivity index (χ2n) is 3.69. The lowest BCUT2D eigenvalue weighted by molar-refractivity contribution is 0.0697. The van der Waals surface area contributed by atoms with Crippen molar-refractivity contribution < 1.29 is 19.4 Å². The van der Waals surface area contributed by atoms with E-state index in [4.69, 9.17) is 37.8 Å². The molecule has 0 atom stereocenters. The first kappa shape index (κ1) is 15.0. The number of ether oxygens (including phenoxy) is 2. The van der Waals surface area contributed by atoms with Crippen LogP contribution < -0.4 is 9.47 Å². The number of carboxylic acid groups (broad SMARTS) is 1. The lowest BCUT2D eigenvalue weighted by Gasteiger charge is -2.09. The van der Waals surface area contributed by atoms with Crippen molar-refractivity contribution in [3.05, 3.63) is 44.6 Å². The van der Waals surface area contributed by atoms with Gasteiger partial charge < -0.3 is 14.6 Å². The lowest BCUT2D eigenvalue weighted by Crippen LogP contribution is -2.10. The molecule has 0 aliphatic carbocycles. The molecule has 1 N–H and O–H groups in total. The van der Waals surface area contributed by atoms with Crippen molar-refractivity contribution in [3.8, 4) is 11.5 Å². The fourth-order valence-corrected chi connectivity index (χ4v) is 2.60. The van der Waals surface area contributed by atoms with Gasteiger partial charge in [0, 0.05) is 5.02 Å². The highest BCUT2D eigenvalue weighted by Gasteiger charge is 2.12. The third-order valence-corrected chi connectivity index (χ3v) is 3.73. The molecule has 0 bridgehead atoms. The van der Waals surface area contributed by atoms with Gasteiger partial charge in [0.1, 0.15) is 24.7 Å². The number of hydrogen-bond donors (Lipinski definition) is 1. The van der Waals surface area contributed by atoms with Crippen LogP contribution in [0.25, 0.3) is 0 Å². The van der Waals surface area contributed by atoms with Crippen LogP contribution in [0.4, 0.5) is 0 Å². The van der Waals surface area contributed by atoms with Crippen molar-refractivity contribution in [2.75, 3.05) is 13.2 Å². The highest BCUT2D eigenvalue weighted by molar-refractivity contribution is 7.12. The first-order valence-electron chi connectivity index (χ1n) is 5.59. The van der Waals surface area contributed by atoms with Crippen LogP contribution >= 0.6 is 34.5 Å². The molecule has 1 heterocycles. The van der Waals surface area contributed by atoms with E-state index in [2.05, 4.69) is 0 Å². The molecule has 1 aromatic carbocycles. The summed E-state index contributed by atoms with van der Waals surface area (Å²) in [7, 11) is 0. The minimum atomic E-state index is -1.00. The Bertz CT molecular complexity index is 612. The summed E-state index contributed by atoms with van der Waals surface area (Å²) in [6.45, 7) is 0.465. The fraction of sp³-hybridized carbons (Fsp3) is 0.154. The Morgan fingerprint density at radius 1 is 1.15 bits per heavy atom. The highest BCUT2D eigenvalue weighted by atomic mass is 35.5. The first-order valence-corrected chi connectivity index (χ1v) is 7.23. The van der Waals surface area contributed by atoms with Crippen LogP contribution in [0.15, 0.2) is 29.6 Å². The summed E-state index contributed by atoms with van der Waals surface area (Å²) >= 11 is 12.8. The zero-order chi connectivity index (χ0) is 14.5. The molecule has 4 nitrogen and oxygen atoms in total. The SMILES string of the molecule is O=C(O)c1sccc1OCCOc1ccc(Cl)cc1Cl. The summed E-state index contributed by atoms with van der Waals surface area (Å²) in [5.41, 5.74) is 0. The van der Waals surface area contributed by atoms with Crippen molar-refractivity contribution in [2.45, 2.75) is 0 Å². The van der Waals surface area contributed by atoms with Crippen LogP contribution in [0.3, 0.4) is 0 Å². The minimum Gasteiger partial charge on any atom is -0.488 e. The van der Waals surface area contributed by atoms with Crippen molar-refractivity contribution in [2.24, 2.45) is 0 Å². The van der Waals surface area contributed by atoms with Gasteiger partial charge in [-0.3, -0.25) is 0 Å². The molecule has 0 aliphatic rings. The molecular formula is C13H10Cl2O4S. The Hall–Kier alpha value is -1.43. The van der Waals surface area contributed by atoms with Gasteiger partial charge in [0.05, 0.1) is 5.02 Å². The number of hydrogen-bond acceptors (Lipinski definition) is 4. The largest absolute Gasteiger partial charge is 0.488 e. The quantitative estimate of drug-likeness (QED) is 0.805. The van der Waals surface area contributed by atoms with Crippen LogP contribution in [-0.2, 0) is 0 Å². The van der Waals surface area contributed by atoms with E-state index in [9.17, 15) is 4.79 Å². The summed E-state index contributed by atoms with van der Waals surface area (Å²) in [6, 6.07) is 6.53. The van der Waals surface area contributed by atoms with Gasteiger partial charge in [-0.1, -0.05) is 23.2 Å². The van der Waals surface area contributed by atoms with Crippen LogP contribution in [0.2, 0.25) is 10.0 Å². The summed E-state index contributed by atoms with van der Waals surface area (Å²) < 4.78 is 10.8. The van der Waals surface area contributed by atoms with Gasteiger partial charge in [-0.05, 0) is 29.6 Å². The molecule has 0 amide bonds. The number of rotatable bonds is 6. The Morgan fingerprint density at radius 3 is 2.50 bits per heavy atom. The van der Waals surface area contributed by atoms with E-state index in [1.54, 1.807) is 29.6 Å². The maximum Gasteiger partial charge on any atom is 0.349 e. The van der Waals surface area contributed by atoms with Crippen LogP contribution in [0.5, 0.6) is 11.5 Å². The molecule has 2 rings (SSSR count). The number of aromatic carboxylic acids is 1. The zero-order valence-electron chi connectivity index (χ0n) is 10.1. The fourth-order valence-electron chi connectivity index (χ4n) is 1.46. The molecule has 0 aliphatic heterocycles. The average Bonchev–Trinajstić information content (AvgIpc) is 2.85. The third kappa shape index (κ3) is 3.79. The Morgan fingerprint density at radius 2 is 1.85 bits per heavy atom. The van der Waals surface area contributed by atoms with Crippen molar-refractivity contribution >= 4 is 40.5 Å². The minimum absolute atomic E-state index is 0.175. The Balaban J connectivity index is 1.84. The summed E-state index contributed by atoms with van der Waals surface area (Å²) in [6.07, 6.45) is 0. The lowest BCUT2D eigenvalue weighted by atomic mass is 10.3. The topological polar surface area (TPSA) is 55.8 Å². The molecule has 0 fully saturated rings. The average molecular weight is 333 g/mol. The van der Waals surface area contributed by atoms with E-state index in [0.717, 1.165) is 11.3 Å². The number of benzene rings is 1. The predicted molar refractivity (Wildman–Crippen MR) is 78.7 cm³/mol. The number of carbonyl (C=O) groups is 1. The van der Waals surface area contributed by atoms with Gasteiger partial charge in [0.25, 0.3) is 0 Å². The van der Waals surface area contributed by atoms with Gasteiger partial charge in [0.2, 0.25) is 0 Å². The predicted octanol–water partition coefficient (Wildman–Crippen LogP) is 4.21.